The molecule has 1 aliphatic rings. The molecule has 1 fully saturated rings. The normalized spacial score (nSPS) is 17.7. The minimum absolute atomic E-state index is 0.100. The van der Waals surface area contributed by atoms with Crippen LogP contribution in [-0.4, -0.2) is 51.8 Å². The highest BCUT2D eigenvalue weighted by Crippen LogP contribution is 2.25. The molecule has 3 rings (SSSR count). The zero-order valence-corrected chi connectivity index (χ0v) is 22.2. The van der Waals surface area contributed by atoms with Crippen molar-refractivity contribution in [3.63, 3.8) is 0 Å². The number of halogens is 2. The van der Waals surface area contributed by atoms with Crippen LogP contribution in [0.2, 0.25) is 0 Å². The second kappa shape index (κ2) is 11.1. The highest BCUT2D eigenvalue weighted by Gasteiger charge is 2.42. The highest BCUT2D eigenvalue weighted by molar-refractivity contribution is 14.1. The molecule has 0 N–H and O–H groups in total. The van der Waals surface area contributed by atoms with Crippen LogP contribution in [0, 0.1) is 13.1 Å². The first-order chi connectivity index (χ1) is 14.8. The second-order valence-electron chi connectivity index (χ2n) is 8.01. The quantitative estimate of drug-likeness (QED) is 0.303. The van der Waals surface area contributed by atoms with Crippen molar-refractivity contribution >= 4 is 57.1 Å². The number of carbonyl (C=O) groups excluding carboxylic acids is 2. The standard InChI is InChI=1S/C22H27I2N3O4/c1-4-30-21(28)20(27-13-31-22(29)19(27)5-14(2)3)9-18-10-25-12-26(18)11-15-6-16(23)8-17(24)7-15/h6-8,10,12,14,19-20H,4-5,9,11,13H2,1-3H3. The zero-order chi connectivity index (χ0) is 22.5. The van der Waals surface area contributed by atoms with E-state index in [4.69, 9.17) is 9.47 Å². The summed E-state index contributed by atoms with van der Waals surface area (Å²) in [7, 11) is 0. The van der Waals surface area contributed by atoms with Gasteiger partial charge in [-0.15, -0.1) is 0 Å². The molecular formula is C22H27I2N3O4. The summed E-state index contributed by atoms with van der Waals surface area (Å²) in [5.74, 6) is -0.314. The maximum atomic E-state index is 12.9. The Morgan fingerprint density at radius 2 is 2.00 bits per heavy atom. The van der Waals surface area contributed by atoms with Crippen molar-refractivity contribution in [1.82, 2.24) is 14.5 Å². The molecule has 0 spiro atoms. The van der Waals surface area contributed by atoms with E-state index in [1.165, 1.54) is 12.7 Å². The molecule has 0 radical (unpaired) electrons. The van der Waals surface area contributed by atoms with Crippen LogP contribution in [0.25, 0.3) is 0 Å². The molecule has 9 heteroatoms. The maximum Gasteiger partial charge on any atom is 0.324 e. The van der Waals surface area contributed by atoms with E-state index in [1.807, 2.05) is 9.47 Å². The first kappa shape index (κ1) is 24.4. The lowest BCUT2D eigenvalue weighted by atomic mass is 10.0. The highest BCUT2D eigenvalue weighted by atomic mass is 127. The Morgan fingerprint density at radius 3 is 2.65 bits per heavy atom. The average Bonchev–Trinajstić information content (AvgIpc) is 3.25. The summed E-state index contributed by atoms with van der Waals surface area (Å²) in [5, 5.41) is 0. The first-order valence-corrected chi connectivity index (χ1v) is 12.5. The smallest absolute Gasteiger partial charge is 0.324 e. The fraction of sp³-hybridized carbons (Fsp3) is 0.500. The van der Waals surface area contributed by atoms with Crippen LogP contribution in [-0.2, 0) is 32.0 Å². The molecule has 0 saturated carbocycles. The lowest BCUT2D eigenvalue weighted by Gasteiger charge is -2.29. The van der Waals surface area contributed by atoms with E-state index in [9.17, 15) is 9.59 Å². The van der Waals surface area contributed by atoms with Crippen LogP contribution in [0.4, 0.5) is 0 Å². The number of carbonyl (C=O) groups is 2. The summed E-state index contributed by atoms with van der Waals surface area (Å²) in [6.07, 6.45) is 4.59. The first-order valence-electron chi connectivity index (χ1n) is 10.3. The van der Waals surface area contributed by atoms with Gasteiger partial charge >= 0.3 is 11.9 Å². The number of rotatable bonds is 9. The Balaban J connectivity index is 1.85. The van der Waals surface area contributed by atoms with Gasteiger partial charge in [0.2, 0.25) is 0 Å². The van der Waals surface area contributed by atoms with E-state index < -0.39 is 12.1 Å². The molecule has 31 heavy (non-hydrogen) atoms. The van der Waals surface area contributed by atoms with E-state index in [2.05, 4.69) is 82.2 Å². The molecule has 2 heterocycles. The van der Waals surface area contributed by atoms with Gasteiger partial charge in [0.15, 0.2) is 0 Å². The number of nitrogens with zero attached hydrogens (tertiary/aromatic N) is 3. The summed E-state index contributed by atoms with van der Waals surface area (Å²) >= 11 is 4.63. The van der Waals surface area contributed by atoms with Crippen LogP contribution in [0.1, 0.15) is 38.4 Å². The number of hydrogen-bond donors (Lipinski definition) is 0. The van der Waals surface area contributed by atoms with Gasteiger partial charge in [0.1, 0.15) is 18.8 Å². The van der Waals surface area contributed by atoms with Crippen LogP contribution in [0.15, 0.2) is 30.7 Å². The Hall–Kier alpha value is -1.21. The van der Waals surface area contributed by atoms with Gasteiger partial charge in [-0.05, 0) is 88.2 Å². The van der Waals surface area contributed by atoms with E-state index in [0.717, 1.165) is 5.69 Å². The number of aromatic nitrogens is 2. The molecule has 2 atom stereocenters. The number of imidazole rings is 1. The van der Waals surface area contributed by atoms with Crippen molar-refractivity contribution in [1.29, 1.82) is 0 Å². The molecule has 0 aliphatic carbocycles. The van der Waals surface area contributed by atoms with Crippen LogP contribution in [0.3, 0.4) is 0 Å². The predicted octanol–water partition coefficient (Wildman–Crippen LogP) is 3.85. The van der Waals surface area contributed by atoms with Crippen molar-refractivity contribution < 1.29 is 19.1 Å². The lowest BCUT2D eigenvalue weighted by Crippen LogP contribution is -2.48. The Morgan fingerprint density at radius 1 is 1.29 bits per heavy atom. The topological polar surface area (TPSA) is 73.7 Å². The molecule has 1 aromatic carbocycles. The molecule has 0 bridgehead atoms. The van der Waals surface area contributed by atoms with Crippen molar-refractivity contribution in [2.45, 2.75) is 52.2 Å². The number of cyclic esters (lactones) is 1. The number of ether oxygens (including phenoxy) is 2. The maximum absolute atomic E-state index is 12.9. The summed E-state index contributed by atoms with van der Waals surface area (Å²) in [6.45, 7) is 6.94. The van der Waals surface area contributed by atoms with Gasteiger partial charge in [-0.1, -0.05) is 13.8 Å². The van der Waals surface area contributed by atoms with Crippen molar-refractivity contribution in [3.8, 4) is 0 Å². The average molecular weight is 651 g/mol. The second-order valence-corrected chi connectivity index (χ2v) is 10.5. The van der Waals surface area contributed by atoms with E-state index in [1.54, 1.807) is 19.4 Å². The van der Waals surface area contributed by atoms with Gasteiger partial charge < -0.3 is 14.0 Å². The minimum atomic E-state index is -0.610. The summed E-state index contributed by atoms with van der Waals surface area (Å²) in [6, 6.07) is 5.35. The third-order valence-electron chi connectivity index (χ3n) is 5.16. The molecule has 1 aromatic heterocycles. The van der Waals surface area contributed by atoms with Crippen molar-refractivity contribution in [2.24, 2.45) is 5.92 Å². The van der Waals surface area contributed by atoms with Gasteiger partial charge in [-0.3, -0.25) is 9.59 Å². The lowest BCUT2D eigenvalue weighted by molar-refractivity contribution is -0.150. The number of benzene rings is 1. The fourth-order valence-corrected chi connectivity index (χ4v) is 5.84. The van der Waals surface area contributed by atoms with Gasteiger partial charge in [-0.25, -0.2) is 9.88 Å². The van der Waals surface area contributed by atoms with Crippen LogP contribution in [0.5, 0.6) is 0 Å². The fourth-order valence-electron chi connectivity index (χ4n) is 3.78. The van der Waals surface area contributed by atoms with Gasteiger partial charge in [0.25, 0.3) is 0 Å². The molecular weight excluding hydrogens is 624 g/mol. The minimum Gasteiger partial charge on any atom is -0.465 e. The molecule has 2 unspecified atom stereocenters. The van der Waals surface area contributed by atoms with Crippen molar-refractivity contribution in [2.75, 3.05) is 13.3 Å². The summed E-state index contributed by atoms with van der Waals surface area (Å²) in [5.41, 5.74) is 2.08. The Labute approximate surface area is 210 Å². The third kappa shape index (κ3) is 6.41. The molecule has 1 saturated heterocycles. The van der Waals surface area contributed by atoms with Gasteiger partial charge in [0, 0.05) is 32.0 Å². The monoisotopic (exact) mass is 651 g/mol. The largest absolute Gasteiger partial charge is 0.465 e. The van der Waals surface area contributed by atoms with Gasteiger partial charge in [0.05, 0.1) is 12.9 Å². The molecule has 1 aliphatic heterocycles. The zero-order valence-electron chi connectivity index (χ0n) is 17.9. The molecule has 7 nitrogen and oxygen atoms in total. The van der Waals surface area contributed by atoms with E-state index in [-0.39, 0.29) is 25.3 Å². The Bertz CT molecular complexity index is 911. The Kier molecular flexibility index (Phi) is 8.74. The van der Waals surface area contributed by atoms with E-state index in [0.29, 0.717) is 25.3 Å². The number of hydrogen-bond acceptors (Lipinski definition) is 6. The van der Waals surface area contributed by atoms with Gasteiger partial charge in [-0.2, -0.15) is 0 Å². The van der Waals surface area contributed by atoms with Crippen molar-refractivity contribution in [3.05, 3.63) is 49.1 Å². The van der Waals surface area contributed by atoms with Crippen LogP contribution < -0.4 is 0 Å². The van der Waals surface area contributed by atoms with Crippen LogP contribution >= 0.6 is 45.2 Å². The summed E-state index contributed by atoms with van der Waals surface area (Å²) < 4.78 is 15.1. The molecule has 0 amide bonds. The predicted molar refractivity (Wildman–Crippen MR) is 133 cm³/mol. The van der Waals surface area contributed by atoms with E-state index >= 15 is 0 Å². The third-order valence-corrected chi connectivity index (χ3v) is 6.40. The SMILES string of the molecule is CCOC(=O)C(Cc1cncn1Cc1cc(I)cc(I)c1)N1COC(=O)C1CC(C)C. The number of esters is 2. The molecule has 2 aromatic rings. The molecule has 168 valence electrons. The summed E-state index contributed by atoms with van der Waals surface area (Å²) in [4.78, 5) is 31.4.